The van der Waals surface area contributed by atoms with Crippen molar-refractivity contribution in [2.24, 2.45) is 65.2 Å². The van der Waals surface area contributed by atoms with Crippen LogP contribution in [0.1, 0.15) is 92.9 Å². The summed E-state index contributed by atoms with van der Waals surface area (Å²) < 4.78 is 20.6. The SMILES string of the molecule is CCN(CC)c1ccc(N=Nc2cc[n+](CCCCCCBr)cc2)cc1.CCN(CC)c1ccc(N=Nc2cc[n+](CCCCCCn3cc[n+](C)c3N=Nc3ccc(OC)cc3)cc2)cc1.CCN(CC)c1ccc(N=Nc2ccncc2)cc1.COc1ccc(N=Nc2nccn2C)cc1.[Br-].[Br-]. The van der Waals surface area contributed by atoms with Gasteiger partial charge in [-0.1, -0.05) is 33.9 Å². The van der Waals surface area contributed by atoms with Crippen molar-refractivity contribution >= 4 is 90.4 Å². The molecule has 0 atom stereocenters. The van der Waals surface area contributed by atoms with Crippen LogP contribution < -0.4 is 71.8 Å². The second kappa shape index (κ2) is 49.1. The minimum absolute atomic E-state index is 0. The lowest BCUT2D eigenvalue weighted by molar-refractivity contribution is -0.697. The second-order valence-corrected chi connectivity index (χ2v) is 24.3. The first-order valence-electron chi connectivity index (χ1n) is 35.4. The number of hydrogen-bond acceptors (Lipinski definition) is 17. The summed E-state index contributed by atoms with van der Waals surface area (Å²) in [6.45, 7) is 22.0. The maximum absolute atomic E-state index is 5.21. The van der Waals surface area contributed by atoms with E-state index in [4.69, 9.17) is 9.47 Å². The summed E-state index contributed by atoms with van der Waals surface area (Å²) in [4.78, 5) is 14.9. The van der Waals surface area contributed by atoms with Gasteiger partial charge in [-0.3, -0.25) is 4.98 Å². The average molecular weight is 1600 g/mol. The summed E-state index contributed by atoms with van der Waals surface area (Å²) >= 11 is 3.48. The Morgan fingerprint density at radius 3 is 1.08 bits per heavy atom. The van der Waals surface area contributed by atoms with Gasteiger partial charge in [0.15, 0.2) is 24.8 Å². The topological polar surface area (TPSA) is 199 Å². The van der Waals surface area contributed by atoms with Gasteiger partial charge < -0.3 is 62.7 Å². The second-order valence-electron chi connectivity index (χ2n) is 23.5. The Morgan fingerprint density at radius 2 is 0.721 bits per heavy atom. The largest absolute Gasteiger partial charge is 1.00 e. The smallest absolute Gasteiger partial charge is 0.421 e. The molecule has 104 heavy (non-hydrogen) atoms. The van der Waals surface area contributed by atoms with E-state index in [-0.39, 0.29) is 34.0 Å². The Labute approximate surface area is 644 Å². The minimum atomic E-state index is 0. The highest BCUT2D eigenvalue weighted by atomic mass is 79.9. The number of aryl methyl sites for hydroxylation is 5. The number of rotatable bonds is 34. The molecule has 0 fully saturated rings. The molecule has 550 valence electrons. The molecule has 5 aromatic heterocycles. The molecule has 0 radical (unpaired) electrons. The number of azo groups is 5. The summed E-state index contributed by atoms with van der Waals surface area (Å²) in [5.41, 5.74) is 10.4. The van der Waals surface area contributed by atoms with E-state index in [1.165, 1.54) is 49.2 Å². The summed E-state index contributed by atoms with van der Waals surface area (Å²) in [6.07, 6.45) is 29.0. The third kappa shape index (κ3) is 30.0. The Hall–Kier alpha value is -9.59. The van der Waals surface area contributed by atoms with Gasteiger partial charge in [-0.15, -0.1) is 10.2 Å². The minimum Gasteiger partial charge on any atom is -1.00 e. The number of imidazole rings is 2. The van der Waals surface area contributed by atoms with Crippen LogP contribution in [0.15, 0.2) is 271 Å². The molecule has 22 nitrogen and oxygen atoms in total. The van der Waals surface area contributed by atoms with Crippen molar-refractivity contribution in [1.82, 2.24) is 19.1 Å². The number of ether oxygens (including phenoxy) is 2. The number of aromatic nitrogens is 7. The van der Waals surface area contributed by atoms with Gasteiger partial charge in [0.1, 0.15) is 30.3 Å². The standard InChI is InChI=1S/C32H42N8O.C21H30BrN4.C15H18N4.C11H12N4O.2BrH/c1-5-39(6-2)30-15-11-27(12-16-30)33-34-29-19-23-38(24-20-29)21-9-7-8-10-22-40-26-25-37(3)32(40)36-35-28-13-17-31(41-4)18-14-28;1-3-26(4-2)21-11-9-19(10-12-21)23-24-20-13-17-25(18-14-20)16-8-6-5-7-15-22;1-3-19(4-2)15-7-5-13(6-8-15)17-18-14-9-11-16-12-10-14;1-15-8-7-12-11(15)14-13-9-3-5-10(16-2)6-4-9;;/h11-20,23-26H,5-10,21-22H2,1-4H3;9-14,17-18H,3-8,15-16H2,1-2H3;5-12H,3-4H2,1-2H3;3-8H,1-2H3;2*1H/q+2;+1;;;;/p-2. The highest BCUT2D eigenvalue weighted by Gasteiger charge is 2.15. The van der Waals surface area contributed by atoms with E-state index in [1.807, 2.05) is 152 Å². The molecule has 0 saturated carbocycles. The molecule has 0 aliphatic carbocycles. The number of methoxy groups -OCH3 is 2. The van der Waals surface area contributed by atoms with Crippen LogP contribution in [-0.4, -0.2) is 77.9 Å². The normalized spacial score (nSPS) is 11.0. The zero-order chi connectivity index (χ0) is 72.4. The quantitative estimate of drug-likeness (QED) is 0.0165. The summed E-state index contributed by atoms with van der Waals surface area (Å²) in [5, 5.41) is 44.0. The van der Waals surface area contributed by atoms with Gasteiger partial charge >= 0.3 is 5.95 Å². The van der Waals surface area contributed by atoms with Crippen molar-refractivity contribution in [1.29, 1.82) is 0 Å². The molecule has 0 spiro atoms. The fourth-order valence-electron chi connectivity index (χ4n) is 10.5. The van der Waals surface area contributed by atoms with E-state index in [1.54, 1.807) is 37.4 Å². The van der Waals surface area contributed by atoms with Crippen LogP contribution in [0.2, 0.25) is 0 Å². The number of benzene rings is 5. The first-order chi connectivity index (χ1) is 50.0. The fourth-order valence-corrected chi connectivity index (χ4v) is 10.9. The molecule has 10 aromatic rings. The summed E-state index contributed by atoms with van der Waals surface area (Å²) in [6, 6.07) is 51.3. The molecule has 5 heterocycles. The van der Waals surface area contributed by atoms with Crippen LogP contribution in [0, 0.1) is 0 Å². The van der Waals surface area contributed by atoms with Crippen LogP contribution in [-0.2, 0) is 33.7 Å². The van der Waals surface area contributed by atoms with E-state index in [2.05, 4.69) is 214 Å². The molecule has 25 heteroatoms. The van der Waals surface area contributed by atoms with Crippen LogP contribution in [0.5, 0.6) is 11.5 Å². The van der Waals surface area contributed by atoms with Crippen LogP contribution in [0.25, 0.3) is 0 Å². The molecule has 0 bridgehead atoms. The van der Waals surface area contributed by atoms with E-state index in [9.17, 15) is 0 Å². The van der Waals surface area contributed by atoms with Crippen molar-refractivity contribution in [2.75, 3.05) is 73.5 Å². The average Bonchev–Trinajstić information content (AvgIpc) is 1.62. The lowest BCUT2D eigenvalue weighted by Gasteiger charge is -2.20. The fraction of sp³-hybridized carbons (Fsp3) is 0.354. The summed E-state index contributed by atoms with van der Waals surface area (Å²) in [5.74, 6) is 3.03. The predicted molar refractivity (Wildman–Crippen MR) is 414 cm³/mol. The van der Waals surface area contributed by atoms with Gasteiger partial charge in [-0.2, -0.15) is 30.7 Å². The molecular formula is C79H102Br3N20O2+. The van der Waals surface area contributed by atoms with Crippen LogP contribution in [0.4, 0.5) is 74.5 Å². The third-order valence-corrected chi connectivity index (χ3v) is 17.1. The Kier molecular flexibility index (Phi) is 40.2. The number of hydrogen-bond donors (Lipinski definition) is 0. The van der Waals surface area contributed by atoms with Gasteiger partial charge in [-0.25, -0.2) is 23.3 Å². The van der Waals surface area contributed by atoms with Crippen LogP contribution in [0.3, 0.4) is 0 Å². The Morgan fingerprint density at radius 1 is 0.385 bits per heavy atom. The van der Waals surface area contributed by atoms with E-state index < -0.39 is 0 Å². The van der Waals surface area contributed by atoms with Gasteiger partial charge in [0.05, 0.1) is 80.0 Å². The van der Waals surface area contributed by atoms with E-state index >= 15 is 0 Å². The highest BCUT2D eigenvalue weighted by molar-refractivity contribution is 9.09. The lowest BCUT2D eigenvalue weighted by atomic mass is 10.2. The number of halogens is 3. The van der Waals surface area contributed by atoms with Crippen molar-refractivity contribution < 1.29 is 57.1 Å². The van der Waals surface area contributed by atoms with Gasteiger partial charge in [0, 0.05) is 136 Å². The van der Waals surface area contributed by atoms with Gasteiger partial charge in [-0.05, 0) is 201 Å². The number of pyridine rings is 3. The summed E-state index contributed by atoms with van der Waals surface area (Å²) in [7, 11) is 7.15. The monoisotopic (exact) mass is 1600 g/mol. The van der Waals surface area contributed by atoms with Gasteiger partial charge in [0.25, 0.3) is 0 Å². The van der Waals surface area contributed by atoms with E-state index in [0.717, 1.165) is 146 Å². The van der Waals surface area contributed by atoms with Crippen molar-refractivity contribution in [3.63, 3.8) is 0 Å². The third-order valence-electron chi connectivity index (χ3n) is 16.5. The van der Waals surface area contributed by atoms with Crippen molar-refractivity contribution in [3.05, 3.63) is 220 Å². The van der Waals surface area contributed by atoms with Crippen molar-refractivity contribution in [2.45, 2.75) is 113 Å². The molecule has 0 aliphatic heterocycles. The number of nitrogens with zero attached hydrogens (tertiary/aromatic N) is 20. The van der Waals surface area contributed by atoms with Gasteiger partial charge in [0.2, 0.25) is 5.95 Å². The Balaban J connectivity index is 0.000000265. The van der Waals surface area contributed by atoms with Crippen LogP contribution >= 0.6 is 15.9 Å². The molecule has 0 saturated heterocycles. The lowest BCUT2D eigenvalue weighted by Crippen LogP contribution is -3.00. The molecule has 0 unspecified atom stereocenters. The molecule has 5 aromatic carbocycles. The number of alkyl halides is 1. The number of anilines is 3. The zero-order valence-corrected chi connectivity index (χ0v) is 66.7. The van der Waals surface area contributed by atoms with Crippen molar-refractivity contribution in [3.8, 4) is 11.5 Å². The first-order valence-corrected chi connectivity index (χ1v) is 36.5. The Bertz CT molecular complexity index is 4070. The number of unbranched alkanes of at least 4 members (excludes halogenated alkanes) is 6. The molecule has 0 N–H and O–H groups in total. The molecule has 0 aliphatic rings. The molecule has 0 amide bonds. The predicted octanol–water partition coefficient (Wildman–Crippen LogP) is 14.9. The first kappa shape index (κ1) is 85.1. The highest BCUT2D eigenvalue weighted by Crippen LogP contribution is 2.27. The van der Waals surface area contributed by atoms with E-state index in [0.29, 0.717) is 5.95 Å². The maximum Gasteiger partial charge on any atom is 0.421 e. The maximum atomic E-state index is 5.21. The molecule has 10 rings (SSSR count). The molecular weight excluding hydrogens is 1500 g/mol. The zero-order valence-electron chi connectivity index (χ0n) is 61.9.